The lowest BCUT2D eigenvalue weighted by molar-refractivity contribution is 0.0945. The lowest BCUT2D eigenvalue weighted by atomic mass is 10.1. The summed E-state index contributed by atoms with van der Waals surface area (Å²) in [5, 5.41) is 12.4. The lowest BCUT2D eigenvalue weighted by Crippen LogP contribution is -2.26. The van der Waals surface area contributed by atoms with E-state index in [1.165, 1.54) is 0 Å². The molecule has 16 heavy (non-hydrogen) atoms. The summed E-state index contributed by atoms with van der Waals surface area (Å²) in [7, 11) is 0. The topological polar surface area (TPSA) is 49.3 Å². The molecule has 0 aliphatic carbocycles. The SMILES string of the molecule is Cc1cc(C(=O)NCCC(C)O)ccc1Cl. The monoisotopic (exact) mass is 241 g/mol. The molecular weight excluding hydrogens is 226 g/mol. The van der Waals surface area contributed by atoms with Gasteiger partial charge >= 0.3 is 0 Å². The first-order chi connectivity index (χ1) is 7.50. The van der Waals surface area contributed by atoms with Gasteiger partial charge in [-0.2, -0.15) is 0 Å². The minimum absolute atomic E-state index is 0.139. The molecule has 1 unspecified atom stereocenters. The second kappa shape index (κ2) is 5.87. The van der Waals surface area contributed by atoms with E-state index in [1.54, 1.807) is 25.1 Å². The zero-order chi connectivity index (χ0) is 12.1. The van der Waals surface area contributed by atoms with Crippen LogP contribution in [0.15, 0.2) is 18.2 Å². The fourth-order valence-electron chi connectivity index (χ4n) is 1.28. The fraction of sp³-hybridized carbons (Fsp3) is 0.417. The van der Waals surface area contributed by atoms with E-state index in [0.29, 0.717) is 23.6 Å². The molecule has 1 rings (SSSR count). The first-order valence-corrected chi connectivity index (χ1v) is 5.61. The molecule has 0 aliphatic heterocycles. The highest BCUT2D eigenvalue weighted by Gasteiger charge is 2.06. The summed E-state index contributed by atoms with van der Waals surface area (Å²) in [5.74, 6) is -0.139. The van der Waals surface area contributed by atoms with Gasteiger partial charge in [-0.15, -0.1) is 0 Å². The van der Waals surface area contributed by atoms with Crippen LogP contribution in [0.25, 0.3) is 0 Å². The number of rotatable bonds is 4. The van der Waals surface area contributed by atoms with Crippen molar-refractivity contribution in [1.29, 1.82) is 0 Å². The summed E-state index contributed by atoms with van der Waals surface area (Å²) in [5.41, 5.74) is 1.47. The molecule has 1 atom stereocenters. The zero-order valence-electron chi connectivity index (χ0n) is 9.46. The summed E-state index contributed by atoms with van der Waals surface area (Å²) < 4.78 is 0. The third-order valence-electron chi connectivity index (χ3n) is 2.27. The number of carbonyl (C=O) groups is 1. The summed E-state index contributed by atoms with van der Waals surface area (Å²) in [6.45, 7) is 4.02. The van der Waals surface area contributed by atoms with Crippen LogP contribution in [0, 0.1) is 6.92 Å². The molecule has 1 aromatic rings. The number of aryl methyl sites for hydroxylation is 1. The molecule has 4 heteroatoms. The van der Waals surface area contributed by atoms with Crippen LogP contribution in [0.4, 0.5) is 0 Å². The van der Waals surface area contributed by atoms with Crippen molar-refractivity contribution < 1.29 is 9.90 Å². The smallest absolute Gasteiger partial charge is 0.251 e. The Morgan fingerprint density at radius 2 is 2.25 bits per heavy atom. The highest BCUT2D eigenvalue weighted by atomic mass is 35.5. The number of aliphatic hydroxyl groups excluding tert-OH is 1. The molecule has 0 bridgehead atoms. The minimum atomic E-state index is -0.396. The average molecular weight is 242 g/mol. The van der Waals surface area contributed by atoms with Crippen LogP contribution in [0.3, 0.4) is 0 Å². The van der Waals surface area contributed by atoms with Gasteiger partial charge in [0.2, 0.25) is 0 Å². The van der Waals surface area contributed by atoms with Gasteiger partial charge in [-0.05, 0) is 44.0 Å². The van der Waals surface area contributed by atoms with Crippen LogP contribution in [0.1, 0.15) is 29.3 Å². The number of benzene rings is 1. The molecule has 1 aromatic carbocycles. The maximum Gasteiger partial charge on any atom is 0.251 e. The number of hydrogen-bond donors (Lipinski definition) is 2. The first-order valence-electron chi connectivity index (χ1n) is 5.23. The van der Waals surface area contributed by atoms with Crippen molar-refractivity contribution in [1.82, 2.24) is 5.32 Å². The molecule has 0 aromatic heterocycles. The molecule has 0 heterocycles. The second-order valence-corrected chi connectivity index (χ2v) is 4.26. The van der Waals surface area contributed by atoms with E-state index in [0.717, 1.165) is 5.56 Å². The molecular formula is C12H16ClNO2. The van der Waals surface area contributed by atoms with Crippen molar-refractivity contribution in [2.45, 2.75) is 26.4 Å². The summed E-state index contributed by atoms with van der Waals surface area (Å²) in [6.07, 6.45) is 0.158. The van der Waals surface area contributed by atoms with E-state index >= 15 is 0 Å². The van der Waals surface area contributed by atoms with Gasteiger partial charge in [-0.3, -0.25) is 4.79 Å². The standard InChI is InChI=1S/C12H16ClNO2/c1-8-7-10(3-4-11(8)13)12(16)14-6-5-9(2)15/h3-4,7,9,15H,5-6H2,1-2H3,(H,14,16). The number of halogens is 1. The molecule has 1 amide bonds. The third-order valence-corrected chi connectivity index (χ3v) is 2.69. The van der Waals surface area contributed by atoms with Crippen molar-refractivity contribution in [3.8, 4) is 0 Å². The summed E-state index contributed by atoms with van der Waals surface area (Å²) in [6, 6.07) is 5.15. The van der Waals surface area contributed by atoms with Gasteiger partial charge in [-0.1, -0.05) is 11.6 Å². The van der Waals surface area contributed by atoms with Crippen LogP contribution in [-0.4, -0.2) is 23.7 Å². The molecule has 88 valence electrons. The van der Waals surface area contributed by atoms with Crippen LogP contribution in [0.5, 0.6) is 0 Å². The van der Waals surface area contributed by atoms with Crippen molar-refractivity contribution in [3.63, 3.8) is 0 Å². The van der Waals surface area contributed by atoms with Gasteiger partial charge in [-0.25, -0.2) is 0 Å². The maximum absolute atomic E-state index is 11.7. The van der Waals surface area contributed by atoms with E-state index in [9.17, 15) is 4.79 Å². The number of amides is 1. The molecule has 0 spiro atoms. The van der Waals surface area contributed by atoms with Crippen molar-refractivity contribution in [2.75, 3.05) is 6.54 Å². The quantitative estimate of drug-likeness (QED) is 0.849. The van der Waals surface area contributed by atoms with Crippen LogP contribution in [-0.2, 0) is 0 Å². The largest absolute Gasteiger partial charge is 0.393 e. The lowest BCUT2D eigenvalue weighted by Gasteiger charge is -2.07. The van der Waals surface area contributed by atoms with E-state index < -0.39 is 6.10 Å². The molecule has 3 nitrogen and oxygen atoms in total. The molecule has 0 fully saturated rings. The van der Waals surface area contributed by atoms with Crippen LogP contribution in [0.2, 0.25) is 5.02 Å². The van der Waals surface area contributed by atoms with Crippen molar-refractivity contribution in [2.24, 2.45) is 0 Å². The normalized spacial score (nSPS) is 12.2. The van der Waals surface area contributed by atoms with E-state index in [1.807, 2.05) is 6.92 Å². The first kappa shape index (κ1) is 13.0. The molecule has 0 aliphatic rings. The van der Waals surface area contributed by atoms with Gasteiger partial charge in [0.25, 0.3) is 5.91 Å². The number of aliphatic hydroxyl groups is 1. The Bertz CT molecular complexity index is 377. The second-order valence-electron chi connectivity index (χ2n) is 3.86. The van der Waals surface area contributed by atoms with Crippen molar-refractivity contribution >= 4 is 17.5 Å². The molecule has 0 radical (unpaired) electrons. The van der Waals surface area contributed by atoms with Crippen molar-refractivity contribution in [3.05, 3.63) is 34.3 Å². The van der Waals surface area contributed by atoms with Gasteiger partial charge in [0, 0.05) is 17.1 Å². The van der Waals surface area contributed by atoms with Crippen LogP contribution < -0.4 is 5.32 Å². The predicted octanol–water partition coefficient (Wildman–Crippen LogP) is 2.15. The summed E-state index contributed by atoms with van der Waals surface area (Å²) in [4.78, 5) is 11.7. The molecule has 0 saturated carbocycles. The fourth-order valence-corrected chi connectivity index (χ4v) is 1.40. The minimum Gasteiger partial charge on any atom is -0.393 e. The zero-order valence-corrected chi connectivity index (χ0v) is 10.2. The van der Waals surface area contributed by atoms with Gasteiger partial charge in [0.1, 0.15) is 0 Å². The predicted molar refractivity (Wildman–Crippen MR) is 64.8 cm³/mol. The highest BCUT2D eigenvalue weighted by Crippen LogP contribution is 2.16. The average Bonchev–Trinajstić information content (AvgIpc) is 2.21. The Kier molecular flexibility index (Phi) is 4.77. The Balaban J connectivity index is 2.56. The van der Waals surface area contributed by atoms with E-state index in [-0.39, 0.29) is 5.91 Å². The van der Waals surface area contributed by atoms with Crippen LogP contribution >= 0.6 is 11.6 Å². The number of hydrogen-bond acceptors (Lipinski definition) is 2. The Morgan fingerprint density at radius 3 is 2.81 bits per heavy atom. The van der Waals surface area contributed by atoms with Gasteiger partial charge in [0.15, 0.2) is 0 Å². The Labute approximate surface area is 100 Å². The number of nitrogens with one attached hydrogen (secondary N) is 1. The number of carbonyl (C=O) groups excluding carboxylic acids is 1. The highest BCUT2D eigenvalue weighted by molar-refractivity contribution is 6.31. The Hall–Kier alpha value is -1.06. The molecule has 0 saturated heterocycles. The van der Waals surface area contributed by atoms with Gasteiger partial charge in [0.05, 0.1) is 6.10 Å². The Morgan fingerprint density at radius 1 is 1.56 bits per heavy atom. The summed E-state index contributed by atoms with van der Waals surface area (Å²) >= 11 is 5.87. The molecule has 2 N–H and O–H groups in total. The van der Waals surface area contributed by atoms with E-state index in [4.69, 9.17) is 16.7 Å². The van der Waals surface area contributed by atoms with Gasteiger partial charge < -0.3 is 10.4 Å². The maximum atomic E-state index is 11.7. The van der Waals surface area contributed by atoms with E-state index in [2.05, 4.69) is 5.32 Å². The third kappa shape index (κ3) is 3.83.